The summed E-state index contributed by atoms with van der Waals surface area (Å²) in [5.74, 6) is 1.46. The molecule has 0 fully saturated rings. The van der Waals surface area contributed by atoms with Gasteiger partial charge >= 0.3 is 0 Å². The zero-order valence-corrected chi connectivity index (χ0v) is 11.4. The van der Waals surface area contributed by atoms with Crippen LogP contribution in [0.3, 0.4) is 0 Å². The molecule has 0 radical (unpaired) electrons. The number of hydrogen-bond donors (Lipinski definition) is 1. The maximum atomic E-state index is 5.71. The first-order chi connectivity index (χ1) is 8.65. The predicted molar refractivity (Wildman–Crippen MR) is 71.3 cm³/mol. The molecule has 0 aliphatic carbocycles. The van der Waals surface area contributed by atoms with E-state index in [1.54, 1.807) is 6.07 Å². The van der Waals surface area contributed by atoms with Crippen LogP contribution < -0.4 is 5.32 Å². The number of furan rings is 1. The Morgan fingerprint density at radius 3 is 2.89 bits per heavy atom. The van der Waals surface area contributed by atoms with Crippen molar-refractivity contribution in [1.82, 2.24) is 14.9 Å². The molecule has 0 aliphatic heterocycles. The monoisotopic (exact) mass is 267 g/mol. The van der Waals surface area contributed by atoms with Gasteiger partial charge in [-0.3, -0.25) is 0 Å². The Kier molecular flexibility index (Phi) is 4.44. The number of hydrogen-bond acceptors (Lipinski definition) is 3. The van der Waals surface area contributed by atoms with E-state index >= 15 is 0 Å². The average molecular weight is 268 g/mol. The third-order valence-electron chi connectivity index (χ3n) is 2.59. The largest absolute Gasteiger partial charge is 0.448 e. The molecule has 98 valence electrons. The molecule has 0 saturated carbocycles. The van der Waals surface area contributed by atoms with Crippen LogP contribution in [0.2, 0.25) is 5.22 Å². The molecule has 0 aromatic carbocycles. The molecule has 5 heteroatoms. The van der Waals surface area contributed by atoms with Gasteiger partial charge in [0.25, 0.3) is 0 Å². The van der Waals surface area contributed by atoms with E-state index in [1.165, 1.54) is 5.69 Å². The molecule has 1 N–H and O–H groups in total. The fraction of sp³-hybridized carbons (Fsp3) is 0.462. The highest BCUT2D eigenvalue weighted by Gasteiger charge is 2.04. The molecule has 0 bridgehead atoms. The molecular weight excluding hydrogens is 250 g/mol. The predicted octanol–water partition coefficient (Wildman–Crippen LogP) is 3.08. The molecule has 2 heterocycles. The van der Waals surface area contributed by atoms with E-state index in [2.05, 4.69) is 28.7 Å². The molecule has 0 aliphatic rings. The Hall–Kier alpha value is -1.26. The topological polar surface area (TPSA) is 43.0 Å². The van der Waals surface area contributed by atoms with E-state index in [1.807, 2.05) is 18.6 Å². The number of nitrogens with zero attached hydrogens (tertiary/aromatic N) is 2. The van der Waals surface area contributed by atoms with Crippen molar-refractivity contribution >= 4 is 11.6 Å². The molecular formula is C13H18ClN3O. The number of nitrogens with one attached hydrogen (secondary N) is 1. The van der Waals surface area contributed by atoms with Gasteiger partial charge in [-0.25, -0.2) is 4.98 Å². The van der Waals surface area contributed by atoms with E-state index in [-0.39, 0.29) is 0 Å². The highest BCUT2D eigenvalue weighted by Crippen LogP contribution is 2.13. The number of rotatable bonds is 6. The lowest BCUT2D eigenvalue weighted by atomic mass is 10.2. The maximum absolute atomic E-state index is 5.71. The van der Waals surface area contributed by atoms with Crippen molar-refractivity contribution in [1.29, 1.82) is 0 Å². The van der Waals surface area contributed by atoms with E-state index in [0.29, 0.717) is 17.7 Å². The van der Waals surface area contributed by atoms with Gasteiger partial charge in [-0.2, -0.15) is 0 Å². The number of aromatic nitrogens is 2. The van der Waals surface area contributed by atoms with Crippen molar-refractivity contribution in [3.63, 3.8) is 0 Å². The third-order valence-corrected chi connectivity index (χ3v) is 2.80. The van der Waals surface area contributed by atoms with Crippen molar-refractivity contribution in [3.8, 4) is 0 Å². The molecule has 2 aromatic rings. The van der Waals surface area contributed by atoms with E-state index in [4.69, 9.17) is 16.0 Å². The molecule has 0 saturated heterocycles. The van der Waals surface area contributed by atoms with Crippen LogP contribution in [0.5, 0.6) is 0 Å². The smallest absolute Gasteiger partial charge is 0.193 e. The molecule has 18 heavy (non-hydrogen) atoms. The Labute approximate surface area is 112 Å². The standard InChI is InChI=1S/C13H18ClN3O/c1-10(2)8-17-9-16-6-11(17)5-15-7-12-3-4-13(14)18-12/h3-4,6,9-10,15H,5,7-8H2,1-2H3. The highest BCUT2D eigenvalue weighted by atomic mass is 35.5. The van der Waals surface area contributed by atoms with Crippen molar-refractivity contribution in [2.24, 2.45) is 5.92 Å². The summed E-state index contributed by atoms with van der Waals surface area (Å²) in [5.41, 5.74) is 1.18. The third kappa shape index (κ3) is 3.62. The van der Waals surface area contributed by atoms with Gasteiger partial charge in [0.05, 0.1) is 18.6 Å². The first-order valence-corrected chi connectivity index (χ1v) is 6.47. The van der Waals surface area contributed by atoms with Crippen LogP contribution >= 0.6 is 11.6 Å². The summed E-state index contributed by atoms with van der Waals surface area (Å²) in [6.07, 6.45) is 3.77. The second-order valence-electron chi connectivity index (χ2n) is 4.74. The van der Waals surface area contributed by atoms with Crippen molar-refractivity contribution in [3.05, 3.63) is 41.3 Å². The maximum Gasteiger partial charge on any atom is 0.193 e. The molecule has 0 amide bonds. The summed E-state index contributed by atoms with van der Waals surface area (Å²) < 4.78 is 7.45. The number of imidazole rings is 1. The quantitative estimate of drug-likeness (QED) is 0.875. The van der Waals surface area contributed by atoms with E-state index in [0.717, 1.165) is 18.8 Å². The zero-order valence-electron chi connectivity index (χ0n) is 10.7. The minimum absolute atomic E-state index is 0.427. The van der Waals surface area contributed by atoms with Crippen molar-refractivity contribution in [2.45, 2.75) is 33.5 Å². The van der Waals surface area contributed by atoms with Crippen LogP contribution in [0.25, 0.3) is 0 Å². The summed E-state index contributed by atoms with van der Waals surface area (Å²) in [6.45, 7) is 6.82. The van der Waals surface area contributed by atoms with E-state index in [9.17, 15) is 0 Å². The van der Waals surface area contributed by atoms with Gasteiger partial charge in [0, 0.05) is 19.3 Å². The second kappa shape index (κ2) is 6.07. The van der Waals surface area contributed by atoms with Gasteiger partial charge in [0.2, 0.25) is 0 Å². The van der Waals surface area contributed by atoms with Crippen LogP contribution in [-0.4, -0.2) is 9.55 Å². The fourth-order valence-corrected chi connectivity index (χ4v) is 1.98. The van der Waals surface area contributed by atoms with Crippen LogP contribution in [0.4, 0.5) is 0 Å². The molecule has 0 spiro atoms. The lowest BCUT2D eigenvalue weighted by Gasteiger charge is -2.10. The van der Waals surface area contributed by atoms with Gasteiger partial charge in [-0.05, 0) is 29.7 Å². The van der Waals surface area contributed by atoms with Crippen molar-refractivity contribution < 1.29 is 4.42 Å². The van der Waals surface area contributed by atoms with Gasteiger partial charge < -0.3 is 14.3 Å². The summed E-state index contributed by atoms with van der Waals surface area (Å²) >= 11 is 5.71. The fourth-order valence-electron chi connectivity index (χ4n) is 1.81. The van der Waals surface area contributed by atoms with Gasteiger partial charge in [0.15, 0.2) is 5.22 Å². The molecule has 0 atom stereocenters. The van der Waals surface area contributed by atoms with Crippen molar-refractivity contribution in [2.75, 3.05) is 0 Å². The molecule has 0 unspecified atom stereocenters. The van der Waals surface area contributed by atoms with E-state index < -0.39 is 0 Å². The minimum Gasteiger partial charge on any atom is -0.448 e. The van der Waals surface area contributed by atoms with Gasteiger partial charge in [-0.15, -0.1) is 0 Å². The first kappa shape index (κ1) is 13.2. The summed E-state index contributed by atoms with van der Waals surface area (Å²) in [5, 5.41) is 3.75. The lowest BCUT2D eigenvalue weighted by Crippen LogP contribution is -2.16. The Morgan fingerprint density at radius 1 is 1.39 bits per heavy atom. The van der Waals surface area contributed by atoms with Crippen LogP contribution in [0, 0.1) is 5.92 Å². The summed E-state index contributed by atoms with van der Waals surface area (Å²) in [4.78, 5) is 4.18. The molecule has 2 aromatic heterocycles. The first-order valence-electron chi connectivity index (χ1n) is 6.09. The zero-order chi connectivity index (χ0) is 13.0. The minimum atomic E-state index is 0.427. The van der Waals surface area contributed by atoms with Crippen LogP contribution in [0.1, 0.15) is 25.3 Å². The highest BCUT2D eigenvalue weighted by molar-refractivity contribution is 6.28. The number of halogens is 1. The normalized spacial score (nSPS) is 11.3. The molecule has 2 rings (SSSR count). The average Bonchev–Trinajstić information content (AvgIpc) is 2.88. The Morgan fingerprint density at radius 2 is 2.22 bits per heavy atom. The van der Waals surface area contributed by atoms with Crippen LogP contribution in [-0.2, 0) is 19.6 Å². The Bertz CT molecular complexity index is 490. The van der Waals surface area contributed by atoms with Crippen LogP contribution in [0.15, 0.2) is 29.1 Å². The van der Waals surface area contributed by atoms with Gasteiger partial charge in [0.1, 0.15) is 5.76 Å². The SMILES string of the molecule is CC(C)Cn1cncc1CNCc1ccc(Cl)o1. The summed E-state index contributed by atoms with van der Waals surface area (Å²) in [6, 6.07) is 3.63. The Balaban J connectivity index is 1.84. The van der Waals surface area contributed by atoms with Gasteiger partial charge in [-0.1, -0.05) is 13.8 Å². The molecule has 4 nitrogen and oxygen atoms in total. The summed E-state index contributed by atoms with van der Waals surface area (Å²) in [7, 11) is 0. The second-order valence-corrected chi connectivity index (χ2v) is 5.11. The lowest BCUT2D eigenvalue weighted by molar-refractivity contribution is 0.470.